The van der Waals surface area contributed by atoms with Gasteiger partial charge in [-0.05, 0) is 32.8 Å². The molecule has 0 spiro atoms. The third-order valence-corrected chi connectivity index (χ3v) is 2.52. The molecule has 0 bridgehead atoms. The van der Waals surface area contributed by atoms with E-state index in [2.05, 4.69) is 44.1 Å². The van der Waals surface area contributed by atoms with Crippen molar-refractivity contribution in [1.82, 2.24) is 5.43 Å². The van der Waals surface area contributed by atoms with Crippen molar-refractivity contribution in [3.8, 4) is 0 Å². The lowest BCUT2D eigenvalue weighted by Gasteiger charge is -2.16. The first-order chi connectivity index (χ1) is 7.02. The summed E-state index contributed by atoms with van der Waals surface area (Å²) < 4.78 is 0. The molecule has 82 valence electrons. The van der Waals surface area contributed by atoms with Gasteiger partial charge >= 0.3 is 0 Å². The first kappa shape index (κ1) is 12.0. The fourth-order valence-electron chi connectivity index (χ4n) is 1.80. The molecule has 0 saturated heterocycles. The first-order valence-corrected chi connectivity index (χ1v) is 5.21. The van der Waals surface area contributed by atoms with Gasteiger partial charge in [0, 0.05) is 6.04 Å². The highest BCUT2D eigenvalue weighted by atomic mass is 15.2. The predicted octanol–water partition coefficient (Wildman–Crippen LogP) is 2.25. The van der Waals surface area contributed by atoms with Gasteiger partial charge in [0.25, 0.3) is 0 Å². The zero-order valence-electron chi connectivity index (χ0n) is 9.80. The fraction of sp³-hybridized carbons (Fsp3) is 0.385. The molecule has 2 nitrogen and oxygen atoms in total. The maximum absolute atomic E-state index is 5.49. The van der Waals surface area contributed by atoms with Crippen molar-refractivity contribution in [2.24, 2.45) is 5.84 Å². The average Bonchev–Trinajstić information content (AvgIpc) is 2.12. The van der Waals surface area contributed by atoms with Gasteiger partial charge in [-0.2, -0.15) is 0 Å². The second-order valence-electron chi connectivity index (χ2n) is 4.27. The lowest BCUT2D eigenvalue weighted by atomic mass is 9.98. The van der Waals surface area contributed by atoms with E-state index in [1.165, 1.54) is 16.7 Å². The SMILES string of the molecule is C=C(C)C(Cc1cc(C)cc(C)c1)NN. The van der Waals surface area contributed by atoms with Gasteiger partial charge in [-0.15, -0.1) is 0 Å². The minimum Gasteiger partial charge on any atom is -0.271 e. The molecular weight excluding hydrogens is 184 g/mol. The summed E-state index contributed by atoms with van der Waals surface area (Å²) in [5, 5.41) is 0. The Morgan fingerprint density at radius 3 is 2.27 bits per heavy atom. The van der Waals surface area contributed by atoms with Gasteiger partial charge < -0.3 is 0 Å². The van der Waals surface area contributed by atoms with E-state index in [1.807, 2.05) is 6.92 Å². The molecule has 15 heavy (non-hydrogen) atoms. The van der Waals surface area contributed by atoms with E-state index in [0.717, 1.165) is 12.0 Å². The van der Waals surface area contributed by atoms with Crippen LogP contribution in [0, 0.1) is 13.8 Å². The van der Waals surface area contributed by atoms with Gasteiger partial charge in [-0.1, -0.05) is 41.5 Å². The predicted molar refractivity (Wildman–Crippen MR) is 65.5 cm³/mol. The largest absolute Gasteiger partial charge is 0.271 e. The molecule has 0 heterocycles. The molecule has 0 aliphatic heterocycles. The summed E-state index contributed by atoms with van der Waals surface area (Å²) in [4.78, 5) is 0. The summed E-state index contributed by atoms with van der Waals surface area (Å²) in [6.45, 7) is 10.1. The van der Waals surface area contributed by atoms with Crippen molar-refractivity contribution >= 4 is 0 Å². The summed E-state index contributed by atoms with van der Waals surface area (Å²) in [6, 6.07) is 6.72. The number of hydrogen-bond acceptors (Lipinski definition) is 2. The highest BCUT2D eigenvalue weighted by molar-refractivity contribution is 5.30. The summed E-state index contributed by atoms with van der Waals surface area (Å²) >= 11 is 0. The molecule has 0 radical (unpaired) electrons. The molecule has 1 aromatic rings. The second kappa shape index (κ2) is 5.10. The molecule has 0 fully saturated rings. The van der Waals surface area contributed by atoms with Crippen molar-refractivity contribution in [2.45, 2.75) is 33.2 Å². The van der Waals surface area contributed by atoms with Crippen LogP contribution in [-0.4, -0.2) is 6.04 Å². The minimum atomic E-state index is 0.159. The number of hydrazine groups is 1. The highest BCUT2D eigenvalue weighted by Crippen LogP contribution is 2.13. The van der Waals surface area contributed by atoms with E-state index in [9.17, 15) is 0 Å². The van der Waals surface area contributed by atoms with Crippen LogP contribution < -0.4 is 11.3 Å². The second-order valence-corrected chi connectivity index (χ2v) is 4.27. The van der Waals surface area contributed by atoms with Gasteiger partial charge in [0.15, 0.2) is 0 Å². The van der Waals surface area contributed by atoms with E-state index in [-0.39, 0.29) is 6.04 Å². The van der Waals surface area contributed by atoms with Crippen LogP contribution in [0.25, 0.3) is 0 Å². The molecule has 0 aromatic heterocycles. The van der Waals surface area contributed by atoms with Crippen LogP contribution in [0.4, 0.5) is 0 Å². The monoisotopic (exact) mass is 204 g/mol. The number of aryl methyl sites for hydroxylation is 2. The Morgan fingerprint density at radius 2 is 1.87 bits per heavy atom. The maximum atomic E-state index is 5.49. The topological polar surface area (TPSA) is 38.0 Å². The molecule has 1 unspecified atom stereocenters. The third-order valence-electron chi connectivity index (χ3n) is 2.52. The van der Waals surface area contributed by atoms with Crippen LogP contribution in [0.3, 0.4) is 0 Å². The standard InChI is InChI=1S/C13H20N2/c1-9(2)13(15-14)8-12-6-10(3)5-11(4)7-12/h5-7,13,15H,1,8,14H2,2-4H3. The van der Waals surface area contributed by atoms with Crippen LogP contribution in [-0.2, 0) is 6.42 Å². The zero-order valence-corrected chi connectivity index (χ0v) is 9.80. The minimum absolute atomic E-state index is 0.159. The van der Waals surface area contributed by atoms with E-state index in [0.29, 0.717) is 0 Å². The van der Waals surface area contributed by atoms with Crippen molar-refractivity contribution < 1.29 is 0 Å². The molecule has 2 heteroatoms. The van der Waals surface area contributed by atoms with E-state index >= 15 is 0 Å². The summed E-state index contributed by atoms with van der Waals surface area (Å²) in [6.07, 6.45) is 0.897. The van der Waals surface area contributed by atoms with Gasteiger partial charge in [0.1, 0.15) is 0 Å². The average molecular weight is 204 g/mol. The van der Waals surface area contributed by atoms with Gasteiger partial charge in [0.05, 0.1) is 0 Å². The molecule has 0 aliphatic carbocycles. The van der Waals surface area contributed by atoms with Crippen LogP contribution in [0.1, 0.15) is 23.6 Å². The summed E-state index contributed by atoms with van der Waals surface area (Å²) in [5.74, 6) is 5.49. The number of rotatable bonds is 4. The lowest BCUT2D eigenvalue weighted by molar-refractivity contribution is 0.591. The van der Waals surface area contributed by atoms with Gasteiger partial charge in [0.2, 0.25) is 0 Å². The van der Waals surface area contributed by atoms with Crippen molar-refractivity contribution in [3.63, 3.8) is 0 Å². The Kier molecular flexibility index (Phi) is 4.06. The molecule has 0 aliphatic rings. The smallest absolute Gasteiger partial charge is 0.0454 e. The number of benzene rings is 1. The Bertz CT molecular complexity index is 335. The first-order valence-electron chi connectivity index (χ1n) is 5.21. The number of nitrogens with one attached hydrogen (secondary N) is 1. The van der Waals surface area contributed by atoms with Crippen molar-refractivity contribution in [1.29, 1.82) is 0 Å². The fourth-order valence-corrected chi connectivity index (χ4v) is 1.80. The van der Waals surface area contributed by atoms with E-state index in [1.54, 1.807) is 0 Å². The Morgan fingerprint density at radius 1 is 1.33 bits per heavy atom. The molecular formula is C13H20N2. The molecule has 1 rings (SSSR count). The van der Waals surface area contributed by atoms with E-state index < -0.39 is 0 Å². The lowest BCUT2D eigenvalue weighted by Crippen LogP contribution is -2.37. The summed E-state index contributed by atoms with van der Waals surface area (Å²) in [7, 11) is 0. The molecule has 0 amide bonds. The molecule has 3 N–H and O–H groups in total. The van der Waals surface area contributed by atoms with Crippen molar-refractivity contribution in [3.05, 3.63) is 47.0 Å². The number of nitrogens with two attached hydrogens (primary N) is 1. The maximum Gasteiger partial charge on any atom is 0.0454 e. The van der Waals surface area contributed by atoms with E-state index in [4.69, 9.17) is 5.84 Å². The van der Waals surface area contributed by atoms with Crippen LogP contribution >= 0.6 is 0 Å². The zero-order chi connectivity index (χ0) is 11.4. The van der Waals surface area contributed by atoms with Crippen LogP contribution in [0.2, 0.25) is 0 Å². The van der Waals surface area contributed by atoms with Gasteiger partial charge in [-0.25, -0.2) is 0 Å². The summed E-state index contributed by atoms with van der Waals surface area (Å²) in [5.41, 5.74) is 7.75. The quantitative estimate of drug-likeness (QED) is 0.448. The highest BCUT2D eigenvalue weighted by Gasteiger charge is 2.08. The molecule has 1 aromatic carbocycles. The molecule has 1 atom stereocenters. The third kappa shape index (κ3) is 3.50. The van der Waals surface area contributed by atoms with Crippen LogP contribution in [0.15, 0.2) is 30.4 Å². The number of hydrogen-bond donors (Lipinski definition) is 2. The van der Waals surface area contributed by atoms with Crippen LogP contribution in [0.5, 0.6) is 0 Å². The Balaban J connectivity index is 2.83. The van der Waals surface area contributed by atoms with Crippen molar-refractivity contribution in [2.75, 3.05) is 0 Å². The normalized spacial score (nSPS) is 12.5. The Hall–Kier alpha value is -1.12. The Labute approximate surface area is 92.2 Å². The van der Waals surface area contributed by atoms with Gasteiger partial charge in [-0.3, -0.25) is 11.3 Å². The molecule has 0 saturated carbocycles.